The molecule has 0 spiro atoms. The Morgan fingerprint density at radius 1 is 1.08 bits per heavy atom. The second kappa shape index (κ2) is 5.60. The van der Waals surface area contributed by atoms with Crippen LogP contribution in [0.1, 0.15) is 63.8 Å². The van der Waals surface area contributed by atoms with Crippen molar-refractivity contribution in [2.24, 2.45) is 17.8 Å². The molecule has 3 aliphatic rings. The molecule has 1 heterocycles. The molecule has 134 valence electrons. The Bertz CT molecular complexity index is 903. The molecule has 0 amide bonds. The first-order valence-corrected chi connectivity index (χ1v) is 9.74. The lowest BCUT2D eigenvalue weighted by molar-refractivity contribution is 0.0697. The quantitative estimate of drug-likeness (QED) is 0.775. The highest BCUT2D eigenvalue weighted by Gasteiger charge is 2.54. The molecule has 0 unspecified atom stereocenters. The van der Waals surface area contributed by atoms with Gasteiger partial charge in [-0.2, -0.15) is 0 Å². The Balaban J connectivity index is 1.70. The second-order valence-electron chi connectivity index (χ2n) is 8.49. The fraction of sp³-hybridized carbons (Fsp3) is 0.435. The molecule has 0 saturated heterocycles. The van der Waals surface area contributed by atoms with Crippen molar-refractivity contribution in [3.8, 4) is 0 Å². The van der Waals surface area contributed by atoms with Gasteiger partial charge in [-0.15, -0.1) is 0 Å². The number of nitrogens with one attached hydrogen (secondary N) is 1. The summed E-state index contributed by atoms with van der Waals surface area (Å²) < 4.78 is 0. The van der Waals surface area contributed by atoms with Gasteiger partial charge in [-0.05, 0) is 79.5 Å². The van der Waals surface area contributed by atoms with Gasteiger partial charge in [0.15, 0.2) is 0 Å². The third kappa shape index (κ3) is 2.16. The first-order valence-electron chi connectivity index (χ1n) is 9.74. The largest absolute Gasteiger partial charge is 0.478 e. The molecule has 5 rings (SSSR count). The highest BCUT2D eigenvalue weighted by atomic mass is 16.4. The van der Waals surface area contributed by atoms with E-state index in [0.29, 0.717) is 23.3 Å². The maximum absolute atomic E-state index is 11.8. The smallest absolute Gasteiger partial charge is 0.337 e. The van der Waals surface area contributed by atoms with Gasteiger partial charge in [-0.3, -0.25) is 0 Å². The van der Waals surface area contributed by atoms with Gasteiger partial charge < -0.3 is 10.4 Å². The normalized spacial score (nSPS) is 31.2. The first kappa shape index (κ1) is 15.9. The van der Waals surface area contributed by atoms with Crippen molar-refractivity contribution >= 4 is 11.7 Å². The van der Waals surface area contributed by atoms with E-state index in [1.54, 1.807) is 6.07 Å². The molecule has 2 N–H and O–H groups in total. The van der Waals surface area contributed by atoms with E-state index in [1.807, 2.05) is 6.07 Å². The van der Waals surface area contributed by atoms with Crippen LogP contribution in [0, 0.1) is 31.6 Å². The van der Waals surface area contributed by atoms with Crippen LogP contribution in [-0.2, 0) is 0 Å². The van der Waals surface area contributed by atoms with E-state index >= 15 is 0 Å². The number of para-hydroxylation sites is 1. The van der Waals surface area contributed by atoms with E-state index < -0.39 is 5.97 Å². The highest BCUT2D eigenvalue weighted by Crippen LogP contribution is 2.64. The number of carboxylic acid groups (broad SMARTS) is 1. The zero-order valence-corrected chi connectivity index (χ0v) is 15.3. The van der Waals surface area contributed by atoms with Crippen molar-refractivity contribution in [3.63, 3.8) is 0 Å². The van der Waals surface area contributed by atoms with Crippen LogP contribution in [0.3, 0.4) is 0 Å². The van der Waals surface area contributed by atoms with Gasteiger partial charge in [0.1, 0.15) is 0 Å². The molecule has 5 atom stereocenters. The maximum Gasteiger partial charge on any atom is 0.337 e. The van der Waals surface area contributed by atoms with Gasteiger partial charge in [-0.25, -0.2) is 4.79 Å². The van der Waals surface area contributed by atoms with E-state index in [1.165, 1.54) is 41.5 Å². The van der Waals surface area contributed by atoms with Crippen LogP contribution in [0.15, 0.2) is 36.4 Å². The van der Waals surface area contributed by atoms with Crippen LogP contribution in [0.5, 0.6) is 0 Å². The fourth-order valence-corrected chi connectivity index (χ4v) is 6.10. The maximum atomic E-state index is 11.8. The summed E-state index contributed by atoms with van der Waals surface area (Å²) in [6, 6.07) is 12.7. The van der Waals surface area contributed by atoms with Crippen molar-refractivity contribution in [2.45, 2.75) is 45.1 Å². The first-order chi connectivity index (χ1) is 12.5. The van der Waals surface area contributed by atoms with Crippen LogP contribution in [-0.4, -0.2) is 11.1 Å². The zero-order chi connectivity index (χ0) is 18.0. The molecule has 2 saturated carbocycles. The number of aryl methyl sites for hydroxylation is 2. The van der Waals surface area contributed by atoms with Crippen LogP contribution in [0.25, 0.3) is 0 Å². The SMILES string of the molecule is Cc1ccc(C)c([C@H]2Nc3c(C(=O)O)cccc3[C@H]3[C@H]4CC[C@H](C4)[C@H]32)c1. The van der Waals surface area contributed by atoms with Crippen molar-refractivity contribution in [2.75, 3.05) is 5.32 Å². The topological polar surface area (TPSA) is 49.3 Å². The molecule has 26 heavy (non-hydrogen) atoms. The molecule has 2 aliphatic carbocycles. The average Bonchev–Trinajstić information content (AvgIpc) is 3.25. The van der Waals surface area contributed by atoms with E-state index in [2.05, 4.69) is 43.4 Å². The summed E-state index contributed by atoms with van der Waals surface area (Å²) in [7, 11) is 0. The van der Waals surface area contributed by atoms with Crippen LogP contribution >= 0.6 is 0 Å². The molecule has 2 bridgehead atoms. The lowest BCUT2D eigenvalue weighted by atomic mass is 9.67. The minimum absolute atomic E-state index is 0.211. The highest BCUT2D eigenvalue weighted by molar-refractivity contribution is 5.95. The summed E-state index contributed by atoms with van der Waals surface area (Å²) in [5.41, 5.74) is 6.43. The summed E-state index contributed by atoms with van der Waals surface area (Å²) in [6.07, 6.45) is 3.92. The molecule has 1 aliphatic heterocycles. The number of hydrogen-bond acceptors (Lipinski definition) is 2. The van der Waals surface area contributed by atoms with Gasteiger partial charge in [-0.1, -0.05) is 35.9 Å². The van der Waals surface area contributed by atoms with Gasteiger partial charge in [0.2, 0.25) is 0 Å². The van der Waals surface area contributed by atoms with Crippen molar-refractivity contribution in [3.05, 3.63) is 64.2 Å². The zero-order valence-electron chi connectivity index (χ0n) is 15.3. The van der Waals surface area contributed by atoms with Gasteiger partial charge in [0, 0.05) is 0 Å². The van der Waals surface area contributed by atoms with E-state index in [0.717, 1.165) is 11.6 Å². The minimum Gasteiger partial charge on any atom is -0.478 e. The van der Waals surface area contributed by atoms with Crippen LogP contribution in [0.2, 0.25) is 0 Å². The van der Waals surface area contributed by atoms with Crippen molar-refractivity contribution in [1.29, 1.82) is 0 Å². The molecule has 3 heteroatoms. The van der Waals surface area contributed by atoms with Crippen LogP contribution < -0.4 is 5.32 Å². The molecule has 2 aromatic rings. The molecule has 2 aromatic carbocycles. The Kier molecular flexibility index (Phi) is 3.43. The number of anilines is 1. The minimum atomic E-state index is -0.837. The molecular formula is C23H25NO2. The number of fused-ring (bicyclic) bond motifs is 7. The predicted molar refractivity (Wildman–Crippen MR) is 103 cm³/mol. The van der Waals surface area contributed by atoms with Gasteiger partial charge in [0.25, 0.3) is 0 Å². The molecule has 2 fully saturated rings. The predicted octanol–water partition coefficient (Wildman–Crippen LogP) is 5.30. The van der Waals surface area contributed by atoms with Gasteiger partial charge in [0.05, 0.1) is 17.3 Å². The lowest BCUT2D eigenvalue weighted by Crippen LogP contribution is -2.36. The number of benzene rings is 2. The second-order valence-corrected chi connectivity index (χ2v) is 8.49. The van der Waals surface area contributed by atoms with Gasteiger partial charge >= 0.3 is 5.97 Å². The molecule has 3 nitrogen and oxygen atoms in total. The van der Waals surface area contributed by atoms with Crippen molar-refractivity contribution in [1.82, 2.24) is 0 Å². The fourth-order valence-electron chi connectivity index (χ4n) is 6.10. The number of aromatic carboxylic acids is 1. The monoisotopic (exact) mass is 347 g/mol. The number of carbonyl (C=O) groups is 1. The number of carboxylic acids is 1. The lowest BCUT2D eigenvalue weighted by Gasteiger charge is -2.44. The molecule has 0 aromatic heterocycles. The summed E-state index contributed by atoms with van der Waals surface area (Å²) in [5, 5.41) is 13.4. The Labute approximate surface area is 154 Å². The van der Waals surface area contributed by atoms with E-state index in [4.69, 9.17) is 0 Å². The molecular weight excluding hydrogens is 322 g/mol. The summed E-state index contributed by atoms with van der Waals surface area (Å²) in [6.45, 7) is 4.32. The third-order valence-electron chi connectivity index (χ3n) is 7.12. The summed E-state index contributed by atoms with van der Waals surface area (Å²) in [5.74, 6) is 1.70. The van der Waals surface area contributed by atoms with Crippen LogP contribution in [0.4, 0.5) is 5.69 Å². The molecule has 0 radical (unpaired) electrons. The summed E-state index contributed by atoms with van der Waals surface area (Å²) in [4.78, 5) is 11.8. The summed E-state index contributed by atoms with van der Waals surface area (Å²) >= 11 is 0. The van der Waals surface area contributed by atoms with E-state index in [9.17, 15) is 9.90 Å². The third-order valence-corrected chi connectivity index (χ3v) is 7.12. The van der Waals surface area contributed by atoms with Crippen molar-refractivity contribution < 1.29 is 9.90 Å². The number of rotatable bonds is 2. The number of hydrogen-bond donors (Lipinski definition) is 2. The Hall–Kier alpha value is -2.29. The van der Waals surface area contributed by atoms with E-state index in [-0.39, 0.29) is 6.04 Å². The Morgan fingerprint density at radius 2 is 1.88 bits per heavy atom. The Morgan fingerprint density at radius 3 is 2.69 bits per heavy atom. The standard InChI is InChI=1S/C23H25NO2/c1-12-6-7-13(2)18(10-12)22-20-15-9-8-14(11-15)19(20)16-4-3-5-17(23(25)26)21(16)24-22/h3-7,10,14-15,19-20,22,24H,8-9,11H2,1-2H3,(H,25,26)/t14-,15+,19+,20+,22+/m0/s1. The average molecular weight is 347 g/mol.